The van der Waals surface area contributed by atoms with E-state index in [4.69, 9.17) is 4.98 Å². The predicted octanol–water partition coefficient (Wildman–Crippen LogP) is 6.01. The molecule has 4 rings (SSSR count). The number of alkyl halides is 3. The van der Waals surface area contributed by atoms with E-state index < -0.39 is 6.36 Å². The van der Waals surface area contributed by atoms with Crippen molar-refractivity contribution in [2.75, 3.05) is 0 Å². The number of nitrogens with zero attached hydrogens (tertiary/aromatic N) is 4. The fourth-order valence-electron chi connectivity index (χ4n) is 4.20. The van der Waals surface area contributed by atoms with Crippen molar-refractivity contribution >= 4 is 11.2 Å². The second-order valence-electron chi connectivity index (χ2n) is 7.86. The Labute approximate surface area is 173 Å². The summed E-state index contributed by atoms with van der Waals surface area (Å²) in [6, 6.07) is 4.67. The number of fused-ring (bicyclic) bond motifs is 1. The van der Waals surface area contributed by atoms with E-state index in [2.05, 4.69) is 33.1 Å². The second kappa shape index (κ2) is 7.89. The van der Waals surface area contributed by atoms with Gasteiger partial charge in [-0.15, -0.1) is 13.2 Å². The zero-order valence-electron chi connectivity index (χ0n) is 17.3. The summed E-state index contributed by atoms with van der Waals surface area (Å²) in [6.07, 6.45) is 2.19. The van der Waals surface area contributed by atoms with Gasteiger partial charge in [-0.3, -0.25) is 0 Å². The number of hydrogen-bond donors (Lipinski definition) is 0. The Bertz CT molecular complexity index is 1060. The van der Waals surface area contributed by atoms with Crippen molar-refractivity contribution < 1.29 is 17.9 Å². The van der Waals surface area contributed by atoms with Gasteiger partial charge in [0, 0.05) is 18.0 Å². The molecule has 30 heavy (non-hydrogen) atoms. The van der Waals surface area contributed by atoms with Gasteiger partial charge in [0.2, 0.25) is 0 Å². The summed E-state index contributed by atoms with van der Waals surface area (Å²) in [6.45, 7) is 6.01. The lowest BCUT2D eigenvalue weighted by molar-refractivity contribution is -0.274. The third-order valence-corrected chi connectivity index (χ3v) is 5.64. The van der Waals surface area contributed by atoms with Crippen LogP contribution in [0.25, 0.3) is 22.4 Å². The predicted molar refractivity (Wildman–Crippen MR) is 108 cm³/mol. The van der Waals surface area contributed by atoms with Crippen LogP contribution in [-0.4, -0.2) is 25.9 Å². The van der Waals surface area contributed by atoms with Crippen molar-refractivity contribution in [3.8, 4) is 17.0 Å². The van der Waals surface area contributed by atoms with Gasteiger partial charge in [0.25, 0.3) is 0 Å². The van der Waals surface area contributed by atoms with Crippen LogP contribution in [-0.2, 0) is 6.42 Å². The van der Waals surface area contributed by atoms with E-state index in [1.807, 2.05) is 0 Å². The first-order valence-electron chi connectivity index (χ1n) is 10.4. The van der Waals surface area contributed by atoms with Gasteiger partial charge >= 0.3 is 6.36 Å². The van der Waals surface area contributed by atoms with E-state index in [1.165, 1.54) is 31.3 Å². The van der Waals surface area contributed by atoms with Crippen molar-refractivity contribution in [3.63, 3.8) is 0 Å². The summed E-state index contributed by atoms with van der Waals surface area (Å²) in [4.78, 5) is 13.9. The minimum Gasteiger partial charge on any atom is -0.406 e. The Balaban J connectivity index is 1.81. The summed E-state index contributed by atoms with van der Waals surface area (Å²) < 4.78 is 43.9. The number of rotatable bonds is 7. The van der Waals surface area contributed by atoms with Gasteiger partial charge in [-0.05, 0) is 55.9 Å². The van der Waals surface area contributed by atoms with E-state index in [-0.39, 0.29) is 5.75 Å². The van der Waals surface area contributed by atoms with Gasteiger partial charge in [-0.25, -0.2) is 15.0 Å². The molecular weight excluding hydrogens is 393 g/mol. The van der Waals surface area contributed by atoms with E-state index in [9.17, 15) is 13.2 Å². The maximum absolute atomic E-state index is 12.5. The second-order valence-corrected chi connectivity index (χ2v) is 7.86. The minimum atomic E-state index is -4.72. The van der Waals surface area contributed by atoms with E-state index in [0.29, 0.717) is 28.7 Å². The zero-order chi connectivity index (χ0) is 21.5. The van der Waals surface area contributed by atoms with Gasteiger partial charge in [0.1, 0.15) is 29.1 Å². The Morgan fingerprint density at radius 2 is 1.97 bits per heavy atom. The normalized spacial score (nSPS) is 15.5. The van der Waals surface area contributed by atoms with Crippen LogP contribution in [0.15, 0.2) is 24.5 Å². The summed E-state index contributed by atoms with van der Waals surface area (Å²) in [5, 5.41) is 0. The zero-order valence-corrected chi connectivity index (χ0v) is 17.3. The van der Waals surface area contributed by atoms with Gasteiger partial charge in [0.15, 0.2) is 5.65 Å². The molecule has 0 radical (unpaired) electrons. The number of aromatic nitrogens is 4. The first-order valence-corrected chi connectivity index (χ1v) is 10.4. The summed E-state index contributed by atoms with van der Waals surface area (Å²) in [5.74, 6) is 1.39. The lowest BCUT2D eigenvalue weighted by Gasteiger charge is -2.20. The molecule has 2 aromatic heterocycles. The van der Waals surface area contributed by atoms with E-state index in [0.717, 1.165) is 36.3 Å². The first-order chi connectivity index (χ1) is 14.3. The number of benzene rings is 1. The highest BCUT2D eigenvalue weighted by molar-refractivity contribution is 5.88. The SMILES string of the molecule is CCCC(C1CC1)n1c(CC)nc2c(-c3ccc(OC(F)(F)F)cc3C)ncnc21. The molecule has 5 nitrogen and oxygen atoms in total. The fraction of sp³-hybridized carbons (Fsp3) is 0.500. The molecule has 8 heteroatoms. The van der Waals surface area contributed by atoms with Crippen LogP contribution in [0.1, 0.15) is 57.0 Å². The molecule has 1 atom stereocenters. The molecule has 1 aromatic carbocycles. The topological polar surface area (TPSA) is 52.8 Å². The Kier molecular flexibility index (Phi) is 5.42. The maximum Gasteiger partial charge on any atom is 0.573 e. The summed E-state index contributed by atoms with van der Waals surface area (Å²) in [7, 11) is 0. The number of imidazole rings is 1. The minimum absolute atomic E-state index is 0.245. The largest absolute Gasteiger partial charge is 0.573 e. The molecule has 1 aliphatic carbocycles. The third-order valence-electron chi connectivity index (χ3n) is 5.64. The molecule has 2 heterocycles. The number of ether oxygens (including phenoxy) is 1. The molecule has 0 bridgehead atoms. The van der Waals surface area contributed by atoms with Crippen molar-refractivity contribution in [1.82, 2.24) is 19.5 Å². The molecule has 0 N–H and O–H groups in total. The standard InChI is InChI=1S/C22H25F3N4O/c1-4-6-17(14-7-8-14)29-18(5-2)28-20-19(26-12-27-21(20)29)16-10-9-15(11-13(16)3)30-22(23,24)25/h9-12,14,17H,4-8H2,1-3H3. The lowest BCUT2D eigenvalue weighted by Crippen LogP contribution is -2.17. The number of hydrogen-bond acceptors (Lipinski definition) is 4. The van der Waals surface area contributed by atoms with Crippen molar-refractivity contribution in [3.05, 3.63) is 35.9 Å². The van der Waals surface area contributed by atoms with E-state index >= 15 is 0 Å². The summed E-state index contributed by atoms with van der Waals surface area (Å²) >= 11 is 0. The molecule has 3 aromatic rings. The monoisotopic (exact) mass is 418 g/mol. The van der Waals surface area contributed by atoms with Crippen LogP contribution in [0.2, 0.25) is 0 Å². The Morgan fingerprint density at radius 3 is 2.57 bits per heavy atom. The van der Waals surface area contributed by atoms with Gasteiger partial charge in [-0.1, -0.05) is 20.3 Å². The van der Waals surface area contributed by atoms with Crippen LogP contribution >= 0.6 is 0 Å². The molecule has 0 amide bonds. The van der Waals surface area contributed by atoms with Crippen LogP contribution in [0.4, 0.5) is 13.2 Å². The Morgan fingerprint density at radius 1 is 1.20 bits per heavy atom. The molecule has 0 aliphatic heterocycles. The summed E-state index contributed by atoms with van der Waals surface area (Å²) in [5.41, 5.74) is 3.50. The number of halogens is 3. The molecule has 160 valence electrons. The Hall–Kier alpha value is -2.64. The first kappa shape index (κ1) is 20.6. The van der Waals surface area contributed by atoms with Crippen molar-refractivity contribution in [2.24, 2.45) is 5.92 Å². The molecule has 0 spiro atoms. The highest BCUT2D eigenvalue weighted by atomic mass is 19.4. The van der Waals surface area contributed by atoms with Crippen LogP contribution in [0.5, 0.6) is 5.75 Å². The smallest absolute Gasteiger partial charge is 0.406 e. The van der Waals surface area contributed by atoms with E-state index in [1.54, 1.807) is 13.0 Å². The van der Waals surface area contributed by atoms with Gasteiger partial charge < -0.3 is 9.30 Å². The third kappa shape index (κ3) is 4.00. The fourth-order valence-corrected chi connectivity index (χ4v) is 4.20. The number of aryl methyl sites for hydroxylation is 2. The molecular formula is C22H25F3N4O. The molecule has 1 unspecified atom stereocenters. The average molecular weight is 418 g/mol. The van der Waals surface area contributed by atoms with Crippen LogP contribution in [0, 0.1) is 12.8 Å². The lowest BCUT2D eigenvalue weighted by atomic mass is 10.0. The van der Waals surface area contributed by atoms with Crippen LogP contribution in [0.3, 0.4) is 0 Å². The van der Waals surface area contributed by atoms with Crippen molar-refractivity contribution in [2.45, 2.75) is 65.3 Å². The molecule has 0 saturated heterocycles. The highest BCUT2D eigenvalue weighted by Crippen LogP contribution is 2.44. The molecule has 1 aliphatic rings. The molecule has 1 saturated carbocycles. The molecule has 1 fully saturated rings. The quantitative estimate of drug-likeness (QED) is 0.471. The van der Waals surface area contributed by atoms with Crippen LogP contribution < -0.4 is 4.74 Å². The average Bonchev–Trinajstić information content (AvgIpc) is 3.45. The van der Waals surface area contributed by atoms with Crippen molar-refractivity contribution in [1.29, 1.82) is 0 Å². The highest BCUT2D eigenvalue weighted by Gasteiger charge is 2.35. The van der Waals surface area contributed by atoms with Gasteiger partial charge in [0.05, 0.1) is 0 Å². The maximum atomic E-state index is 12.5. The van der Waals surface area contributed by atoms with Gasteiger partial charge in [-0.2, -0.15) is 0 Å².